The van der Waals surface area contributed by atoms with Crippen LogP contribution in [0.25, 0.3) is 0 Å². The van der Waals surface area contributed by atoms with Crippen LogP contribution in [0.15, 0.2) is 18.2 Å². The SMILES string of the molecule is CC(C)c1cccc(N2CC(CCl)CC2=O)n1. The minimum atomic E-state index is 0.129. The number of alkyl halides is 1. The highest BCUT2D eigenvalue weighted by molar-refractivity contribution is 6.18. The number of anilines is 1. The van der Waals surface area contributed by atoms with Gasteiger partial charge in [0.25, 0.3) is 0 Å². The molecule has 1 fully saturated rings. The van der Waals surface area contributed by atoms with Crippen LogP contribution < -0.4 is 4.90 Å². The molecule has 0 aliphatic carbocycles. The summed E-state index contributed by atoms with van der Waals surface area (Å²) in [5, 5.41) is 0. The second-order valence-electron chi connectivity index (χ2n) is 4.80. The van der Waals surface area contributed by atoms with E-state index in [2.05, 4.69) is 18.8 Å². The number of aromatic nitrogens is 1. The molecule has 2 heterocycles. The zero-order chi connectivity index (χ0) is 12.4. The monoisotopic (exact) mass is 252 g/mol. The van der Waals surface area contributed by atoms with Crippen LogP contribution >= 0.6 is 11.6 Å². The van der Waals surface area contributed by atoms with E-state index in [0.717, 1.165) is 11.5 Å². The summed E-state index contributed by atoms with van der Waals surface area (Å²) in [6.45, 7) is 4.88. The van der Waals surface area contributed by atoms with Crippen molar-refractivity contribution in [2.45, 2.75) is 26.2 Å². The third kappa shape index (κ3) is 2.60. The van der Waals surface area contributed by atoms with Crippen LogP contribution in [-0.2, 0) is 4.79 Å². The van der Waals surface area contributed by atoms with Gasteiger partial charge < -0.3 is 0 Å². The van der Waals surface area contributed by atoms with Crippen LogP contribution in [0.1, 0.15) is 31.9 Å². The third-order valence-corrected chi connectivity index (χ3v) is 3.48. The van der Waals surface area contributed by atoms with Gasteiger partial charge in [0, 0.05) is 24.5 Å². The van der Waals surface area contributed by atoms with Gasteiger partial charge in [0.15, 0.2) is 0 Å². The number of amides is 1. The van der Waals surface area contributed by atoms with E-state index in [-0.39, 0.29) is 11.8 Å². The van der Waals surface area contributed by atoms with E-state index in [1.54, 1.807) is 4.90 Å². The van der Waals surface area contributed by atoms with Gasteiger partial charge in [0.2, 0.25) is 5.91 Å². The molecule has 3 nitrogen and oxygen atoms in total. The fourth-order valence-corrected chi connectivity index (χ4v) is 2.22. The summed E-state index contributed by atoms with van der Waals surface area (Å²) >= 11 is 5.81. The Morgan fingerprint density at radius 2 is 2.29 bits per heavy atom. The summed E-state index contributed by atoms with van der Waals surface area (Å²) in [7, 11) is 0. The molecule has 1 aliphatic rings. The number of rotatable bonds is 3. The molecule has 0 radical (unpaired) electrons. The Balaban J connectivity index is 2.22. The normalized spacial score (nSPS) is 20.4. The molecule has 17 heavy (non-hydrogen) atoms. The molecule has 2 rings (SSSR count). The highest BCUT2D eigenvalue weighted by atomic mass is 35.5. The van der Waals surface area contributed by atoms with Crippen LogP contribution in [0.3, 0.4) is 0 Å². The highest BCUT2D eigenvalue weighted by Crippen LogP contribution is 2.25. The molecule has 0 spiro atoms. The van der Waals surface area contributed by atoms with E-state index >= 15 is 0 Å². The summed E-state index contributed by atoms with van der Waals surface area (Å²) < 4.78 is 0. The quantitative estimate of drug-likeness (QED) is 0.775. The number of carbonyl (C=O) groups excluding carboxylic acids is 1. The van der Waals surface area contributed by atoms with Gasteiger partial charge in [-0.3, -0.25) is 9.69 Å². The summed E-state index contributed by atoms with van der Waals surface area (Å²) in [6, 6.07) is 5.84. The van der Waals surface area contributed by atoms with E-state index in [4.69, 9.17) is 11.6 Å². The number of hydrogen-bond acceptors (Lipinski definition) is 2. The molecule has 1 aliphatic heterocycles. The van der Waals surface area contributed by atoms with Crippen LogP contribution in [-0.4, -0.2) is 23.3 Å². The maximum atomic E-state index is 11.9. The lowest BCUT2D eigenvalue weighted by Crippen LogP contribution is -2.26. The van der Waals surface area contributed by atoms with Crippen molar-refractivity contribution in [3.05, 3.63) is 23.9 Å². The van der Waals surface area contributed by atoms with Crippen molar-refractivity contribution in [1.29, 1.82) is 0 Å². The van der Waals surface area contributed by atoms with Gasteiger partial charge in [-0.15, -0.1) is 11.6 Å². The van der Waals surface area contributed by atoms with Crippen LogP contribution in [0.2, 0.25) is 0 Å². The molecular weight excluding hydrogens is 236 g/mol. The third-order valence-electron chi connectivity index (χ3n) is 3.05. The fraction of sp³-hybridized carbons (Fsp3) is 0.538. The Labute approximate surface area is 107 Å². The second kappa shape index (κ2) is 5.05. The van der Waals surface area contributed by atoms with Crippen molar-refractivity contribution >= 4 is 23.3 Å². The smallest absolute Gasteiger partial charge is 0.228 e. The van der Waals surface area contributed by atoms with Crippen molar-refractivity contribution in [3.8, 4) is 0 Å². The van der Waals surface area contributed by atoms with Gasteiger partial charge in [-0.2, -0.15) is 0 Å². The van der Waals surface area contributed by atoms with E-state index in [1.807, 2.05) is 18.2 Å². The van der Waals surface area contributed by atoms with Gasteiger partial charge in [0.05, 0.1) is 0 Å². The lowest BCUT2D eigenvalue weighted by Gasteiger charge is -2.16. The molecule has 1 amide bonds. The van der Waals surface area contributed by atoms with Gasteiger partial charge in [0.1, 0.15) is 5.82 Å². The molecule has 1 aromatic rings. The topological polar surface area (TPSA) is 33.2 Å². The Morgan fingerprint density at radius 3 is 2.88 bits per heavy atom. The van der Waals surface area contributed by atoms with Crippen molar-refractivity contribution in [2.75, 3.05) is 17.3 Å². The first-order chi connectivity index (χ1) is 8.11. The first-order valence-electron chi connectivity index (χ1n) is 5.95. The van der Waals surface area contributed by atoms with Crippen LogP contribution in [0, 0.1) is 5.92 Å². The number of pyridine rings is 1. The maximum Gasteiger partial charge on any atom is 0.228 e. The van der Waals surface area contributed by atoms with Crippen LogP contribution in [0.5, 0.6) is 0 Å². The lowest BCUT2D eigenvalue weighted by atomic mass is 10.1. The molecule has 1 saturated heterocycles. The first-order valence-corrected chi connectivity index (χ1v) is 6.48. The molecule has 0 aromatic carbocycles. The largest absolute Gasteiger partial charge is 0.296 e. The predicted octanol–water partition coefficient (Wildman–Crippen LogP) is 2.80. The Bertz CT molecular complexity index is 420. The average molecular weight is 253 g/mol. The average Bonchev–Trinajstić information content (AvgIpc) is 2.71. The molecule has 0 saturated carbocycles. The van der Waals surface area contributed by atoms with Crippen molar-refractivity contribution in [3.63, 3.8) is 0 Å². The molecule has 1 atom stereocenters. The zero-order valence-corrected chi connectivity index (χ0v) is 10.9. The van der Waals surface area contributed by atoms with Gasteiger partial charge in [-0.05, 0) is 24.0 Å². The Morgan fingerprint density at radius 1 is 1.53 bits per heavy atom. The standard InChI is InChI=1S/C13H17ClN2O/c1-9(2)11-4-3-5-12(15-11)16-8-10(7-14)6-13(16)17/h3-5,9-10H,6-8H2,1-2H3. The Hall–Kier alpha value is -1.09. The Kier molecular flexibility index (Phi) is 3.67. The zero-order valence-electron chi connectivity index (χ0n) is 10.2. The number of hydrogen-bond donors (Lipinski definition) is 0. The van der Waals surface area contributed by atoms with Gasteiger partial charge in [-0.1, -0.05) is 19.9 Å². The molecule has 1 unspecified atom stereocenters. The molecule has 4 heteroatoms. The number of halogens is 1. The molecule has 92 valence electrons. The van der Waals surface area contributed by atoms with E-state index < -0.39 is 0 Å². The lowest BCUT2D eigenvalue weighted by molar-refractivity contribution is -0.117. The van der Waals surface area contributed by atoms with E-state index in [9.17, 15) is 4.79 Å². The summed E-state index contributed by atoms with van der Waals surface area (Å²) in [6.07, 6.45) is 0.539. The number of nitrogens with zero attached hydrogens (tertiary/aromatic N) is 2. The van der Waals surface area contributed by atoms with Gasteiger partial charge >= 0.3 is 0 Å². The van der Waals surface area contributed by atoms with Crippen molar-refractivity contribution in [1.82, 2.24) is 4.98 Å². The highest BCUT2D eigenvalue weighted by Gasteiger charge is 2.30. The fourth-order valence-electron chi connectivity index (χ4n) is 2.02. The number of carbonyl (C=O) groups is 1. The first kappa shape index (κ1) is 12.4. The van der Waals surface area contributed by atoms with Gasteiger partial charge in [-0.25, -0.2) is 4.98 Å². The minimum absolute atomic E-state index is 0.129. The molecule has 0 bridgehead atoms. The summed E-state index contributed by atoms with van der Waals surface area (Å²) in [5.41, 5.74) is 1.02. The minimum Gasteiger partial charge on any atom is -0.296 e. The van der Waals surface area contributed by atoms with Crippen molar-refractivity contribution in [2.24, 2.45) is 5.92 Å². The summed E-state index contributed by atoms with van der Waals surface area (Å²) in [4.78, 5) is 18.1. The summed E-state index contributed by atoms with van der Waals surface area (Å²) in [5.74, 6) is 2.05. The molecular formula is C13H17ClN2O. The van der Waals surface area contributed by atoms with Crippen molar-refractivity contribution < 1.29 is 4.79 Å². The van der Waals surface area contributed by atoms with Crippen LogP contribution in [0.4, 0.5) is 5.82 Å². The second-order valence-corrected chi connectivity index (χ2v) is 5.11. The van der Waals surface area contributed by atoms with E-state index in [1.165, 1.54) is 0 Å². The predicted molar refractivity (Wildman–Crippen MR) is 69.5 cm³/mol. The van der Waals surface area contributed by atoms with E-state index in [0.29, 0.717) is 24.8 Å². The maximum absolute atomic E-state index is 11.9. The molecule has 0 N–H and O–H groups in total. The molecule has 1 aromatic heterocycles.